The summed E-state index contributed by atoms with van der Waals surface area (Å²) in [4.78, 5) is 7.13. The van der Waals surface area contributed by atoms with Crippen LogP contribution in [0.4, 0.5) is 0 Å². The molecule has 12 heavy (non-hydrogen) atoms. The summed E-state index contributed by atoms with van der Waals surface area (Å²) in [7, 11) is 0. The number of rotatable bonds is 5. The molecule has 0 aliphatic heterocycles. The molecule has 0 radical (unpaired) electrons. The quantitative estimate of drug-likeness (QED) is 0.450. The number of nitrogens with zero attached hydrogens (tertiary/aromatic N) is 2. The Morgan fingerprint density at radius 3 is 2.67 bits per heavy atom. The SMILES string of the molecule is C#[N+]CC(C)(COCC=C)[N+]#C. The van der Waals surface area contributed by atoms with E-state index >= 15 is 0 Å². The lowest BCUT2D eigenvalue weighted by Gasteiger charge is -2.04. The first-order valence-corrected chi connectivity index (χ1v) is 3.66. The molecule has 1 atom stereocenters. The highest BCUT2D eigenvalue weighted by Crippen LogP contribution is 2.10. The molecule has 0 aliphatic carbocycles. The van der Waals surface area contributed by atoms with Crippen LogP contribution < -0.4 is 0 Å². The minimum atomic E-state index is -0.516. The van der Waals surface area contributed by atoms with Gasteiger partial charge >= 0.3 is 12.1 Å². The lowest BCUT2D eigenvalue weighted by molar-refractivity contribution is 0.132. The molecule has 0 aromatic rings. The summed E-state index contributed by atoms with van der Waals surface area (Å²) in [5, 5.41) is 0. The van der Waals surface area contributed by atoms with Crippen LogP contribution in [0.15, 0.2) is 12.7 Å². The van der Waals surface area contributed by atoms with Crippen molar-refractivity contribution in [2.75, 3.05) is 19.8 Å². The normalized spacial score (nSPS) is 13.9. The van der Waals surface area contributed by atoms with Crippen molar-refractivity contribution in [1.82, 2.24) is 0 Å². The monoisotopic (exact) mass is 166 g/mol. The Bertz CT molecular complexity index is 224. The fraction of sp³-hybridized carbons (Fsp3) is 0.556. The van der Waals surface area contributed by atoms with Gasteiger partial charge in [0.25, 0.3) is 13.1 Å². The van der Waals surface area contributed by atoms with E-state index in [-0.39, 0.29) is 0 Å². The van der Waals surface area contributed by atoms with Crippen LogP contribution in [0.3, 0.4) is 0 Å². The van der Waals surface area contributed by atoms with Crippen molar-refractivity contribution in [3.05, 3.63) is 22.3 Å². The van der Waals surface area contributed by atoms with E-state index in [2.05, 4.69) is 16.3 Å². The minimum Gasteiger partial charge on any atom is -0.368 e. The average molecular weight is 166 g/mol. The van der Waals surface area contributed by atoms with Crippen LogP contribution in [0.2, 0.25) is 0 Å². The van der Waals surface area contributed by atoms with E-state index < -0.39 is 5.54 Å². The van der Waals surface area contributed by atoms with Crippen molar-refractivity contribution in [3.63, 3.8) is 0 Å². The maximum absolute atomic E-state index is 5.18. The van der Waals surface area contributed by atoms with E-state index in [1.54, 1.807) is 6.08 Å². The molecule has 0 aromatic carbocycles. The van der Waals surface area contributed by atoms with Crippen LogP contribution >= 0.6 is 0 Å². The van der Waals surface area contributed by atoms with Crippen LogP contribution in [-0.4, -0.2) is 25.3 Å². The minimum absolute atomic E-state index is 0.362. The van der Waals surface area contributed by atoms with Gasteiger partial charge in [0, 0.05) is 6.92 Å². The molecule has 0 spiro atoms. The predicted octanol–water partition coefficient (Wildman–Crippen LogP) is 1.87. The van der Waals surface area contributed by atoms with E-state index in [4.69, 9.17) is 17.9 Å². The smallest absolute Gasteiger partial charge is 0.368 e. The topological polar surface area (TPSA) is 17.9 Å². The van der Waals surface area contributed by atoms with Crippen molar-refractivity contribution < 1.29 is 4.74 Å². The fourth-order valence-electron chi connectivity index (χ4n) is 0.683. The lowest BCUT2D eigenvalue weighted by atomic mass is 10.1. The van der Waals surface area contributed by atoms with Crippen molar-refractivity contribution in [3.8, 4) is 13.1 Å². The van der Waals surface area contributed by atoms with E-state index in [1.807, 2.05) is 6.92 Å². The summed E-state index contributed by atoms with van der Waals surface area (Å²) in [5.74, 6) is 0. The molecule has 0 fully saturated rings. The van der Waals surface area contributed by atoms with Gasteiger partial charge in [-0.2, -0.15) is 0 Å². The van der Waals surface area contributed by atoms with E-state index in [0.717, 1.165) is 0 Å². The highest BCUT2D eigenvalue weighted by Gasteiger charge is 2.40. The lowest BCUT2D eigenvalue weighted by Crippen LogP contribution is -2.30. The second kappa shape index (κ2) is 5.35. The third-order valence-corrected chi connectivity index (χ3v) is 1.39. The molecule has 0 amide bonds. The van der Waals surface area contributed by atoms with E-state index in [9.17, 15) is 0 Å². The number of hydrogen-bond acceptors (Lipinski definition) is 1. The van der Waals surface area contributed by atoms with E-state index in [1.165, 1.54) is 0 Å². The molecule has 1 unspecified atom stereocenters. The number of ether oxygens (including phenoxy) is 1. The highest BCUT2D eigenvalue weighted by atomic mass is 16.5. The summed E-state index contributed by atoms with van der Waals surface area (Å²) in [6, 6.07) is 0. The van der Waals surface area contributed by atoms with Crippen molar-refractivity contribution in [1.29, 1.82) is 0 Å². The predicted molar refractivity (Wildman–Crippen MR) is 50.9 cm³/mol. The molecule has 0 aliphatic rings. The van der Waals surface area contributed by atoms with Gasteiger partial charge in [-0.15, -0.1) is 6.58 Å². The summed E-state index contributed by atoms with van der Waals surface area (Å²) >= 11 is 0. The first-order chi connectivity index (χ1) is 5.68. The largest absolute Gasteiger partial charge is 0.374 e. The summed E-state index contributed by atoms with van der Waals surface area (Å²) in [5.41, 5.74) is -0.516. The fourth-order valence-corrected chi connectivity index (χ4v) is 0.683. The number of hydrogen-bond donors (Lipinski definition) is 0. The Morgan fingerprint density at radius 2 is 2.25 bits per heavy atom. The first-order valence-electron chi connectivity index (χ1n) is 3.66. The van der Waals surface area contributed by atoms with Gasteiger partial charge in [-0.05, 0) is 0 Å². The molecule has 0 saturated heterocycles. The first kappa shape index (κ1) is 10.7. The third kappa shape index (κ3) is 3.75. The molecule has 3 heteroatoms. The van der Waals surface area contributed by atoms with Crippen LogP contribution in [0.25, 0.3) is 9.69 Å². The Morgan fingerprint density at radius 1 is 1.58 bits per heavy atom. The van der Waals surface area contributed by atoms with E-state index in [0.29, 0.717) is 19.8 Å². The Hall–Kier alpha value is -1.32. The third-order valence-electron chi connectivity index (χ3n) is 1.39. The molecule has 3 nitrogen and oxygen atoms in total. The molecule has 0 bridgehead atoms. The zero-order valence-electron chi connectivity index (χ0n) is 7.36. The zero-order chi connectivity index (χ0) is 9.45. The summed E-state index contributed by atoms with van der Waals surface area (Å²) < 4.78 is 5.18. The summed E-state index contributed by atoms with van der Waals surface area (Å²) in [6.07, 6.45) is 1.66. The molecule has 0 aromatic heterocycles. The van der Waals surface area contributed by atoms with Crippen molar-refractivity contribution in [2.45, 2.75) is 12.5 Å². The van der Waals surface area contributed by atoms with Gasteiger partial charge in [0.05, 0.1) is 6.61 Å². The molecule has 0 rings (SSSR count). The molecule has 64 valence electrons. The van der Waals surface area contributed by atoms with Gasteiger partial charge in [-0.3, -0.25) is 0 Å². The van der Waals surface area contributed by atoms with Gasteiger partial charge in [0.1, 0.15) is 6.61 Å². The second-order valence-corrected chi connectivity index (χ2v) is 2.77. The maximum atomic E-state index is 5.18. The van der Waals surface area contributed by atoms with Gasteiger partial charge in [0.2, 0.25) is 0 Å². The molecule has 0 heterocycles. The summed E-state index contributed by atoms with van der Waals surface area (Å²) in [6.45, 7) is 16.8. The van der Waals surface area contributed by atoms with Crippen molar-refractivity contribution in [2.24, 2.45) is 0 Å². The van der Waals surface area contributed by atoms with Crippen molar-refractivity contribution >= 4 is 0 Å². The van der Waals surface area contributed by atoms with Crippen LogP contribution in [0.5, 0.6) is 0 Å². The van der Waals surface area contributed by atoms with Gasteiger partial charge < -0.3 is 4.74 Å². The highest BCUT2D eigenvalue weighted by molar-refractivity contribution is 5.03. The molecular formula is C9H14N2O+2. The standard InChI is InChI=1S/C9H14N2O/c1-5-6-12-8-9(2,11-4)7-10-3/h3-5H,1,6-8H2,2H3/q+2. The van der Waals surface area contributed by atoms with Gasteiger partial charge in [-0.25, -0.2) is 0 Å². The van der Waals surface area contributed by atoms with Crippen LogP contribution in [-0.2, 0) is 4.74 Å². The van der Waals surface area contributed by atoms with Gasteiger partial charge in [-0.1, -0.05) is 15.8 Å². The molecule has 0 saturated carbocycles. The molecule has 0 N–H and O–H groups in total. The zero-order valence-corrected chi connectivity index (χ0v) is 7.36. The van der Waals surface area contributed by atoms with Crippen LogP contribution in [0, 0.1) is 13.1 Å². The molecular weight excluding hydrogens is 152 g/mol. The Balaban J connectivity index is 3.91. The average Bonchev–Trinajstić information content (AvgIpc) is 2.06. The maximum Gasteiger partial charge on any atom is 0.374 e. The Labute approximate surface area is 73.3 Å². The second-order valence-electron chi connectivity index (χ2n) is 2.77. The Kier molecular flexibility index (Phi) is 4.76. The van der Waals surface area contributed by atoms with Crippen LogP contribution in [0.1, 0.15) is 6.92 Å². The van der Waals surface area contributed by atoms with Gasteiger partial charge in [0.15, 0.2) is 0 Å².